The average Bonchev–Trinajstić information content (AvgIpc) is 2.23. The van der Waals surface area contributed by atoms with Crippen LogP contribution in [0.3, 0.4) is 0 Å². The van der Waals surface area contributed by atoms with E-state index in [9.17, 15) is 8.42 Å². The van der Waals surface area contributed by atoms with Gasteiger partial charge in [0.25, 0.3) is 0 Å². The van der Waals surface area contributed by atoms with Crippen molar-refractivity contribution in [3.63, 3.8) is 0 Å². The van der Waals surface area contributed by atoms with Gasteiger partial charge in [-0.2, -0.15) is 0 Å². The van der Waals surface area contributed by atoms with Gasteiger partial charge in [-0.3, -0.25) is 0 Å². The zero-order chi connectivity index (χ0) is 12.9. The molecule has 1 atom stereocenters. The molecule has 0 aliphatic carbocycles. The van der Waals surface area contributed by atoms with E-state index < -0.39 is 9.84 Å². The van der Waals surface area contributed by atoms with E-state index in [1.165, 1.54) is 6.26 Å². The molecule has 0 aliphatic heterocycles. The topological polar surface area (TPSA) is 59.1 Å². The van der Waals surface area contributed by atoms with Gasteiger partial charge in [-0.05, 0) is 31.9 Å². The quantitative estimate of drug-likeness (QED) is 0.640. The van der Waals surface area contributed by atoms with Crippen molar-refractivity contribution < 1.29 is 8.42 Å². The summed E-state index contributed by atoms with van der Waals surface area (Å²) in [6.07, 6.45) is 4.51. The Morgan fingerprint density at radius 2 is 2.24 bits per heavy atom. The second kappa shape index (κ2) is 6.21. The van der Waals surface area contributed by atoms with Crippen LogP contribution >= 0.6 is 11.6 Å². The Labute approximate surface area is 107 Å². The SMILES string of the molecule is CC(Cl)CCCNc1ncccc1S(C)(=O)=O. The first-order valence-corrected chi connectivity index (χ1v) is 7.77. The van der Waals surface area contributed by atoms with E-state index in [1.807, 2.05) is 6.92 Å². The van der Waals surface area contributed by atoms with Crippen LogP contribution in [0.25, 0.3) is 0 Å². The van der Waals surface area contributed by atoms with E-state index in [0.29, 0.717) is 12.4 Å². The third-order valence-electron chi connectivity index (χ3n) is 2.24. The number of pyridine rings is 1. The summed E-state index contributed by atoms with van der Waals surface area (Å²) in [5.41, 5.74) is 0. The minimum atomic E-state index is -3.24. The van der Waals surface area contributed by atoms with Crippen molar-refractivity contribution in [2.75, 3.05) is 18.1 Å². The molecule has 1 N–H and O–H groups in total. The summed E-state index contributed by atoms with van der Waals surface area (Å²) < 4.78 is 23.0. The molecule has 0 saturated carbocycles. The third-order valence-corrected chi connectivity index (χ3v) is 3.59. The van der Waals surface area contributed by atoms with Crippen LogP contribution in [0, 0.1) is 0 Å². The number of hydrogen-bond donors (Lipinski definition) is 1. The number of anilines is 1. The van der Waals surface area contributed by atoms with Crippen molar-refractivity contribution in [3.05, 3.63) is 18.3 Å². The summed E-state index contributed by atoms with van der Waals surface area (Å²) in [6, 6.07) is 3.16. The highest BCUT2D eigenvalue weighted by atomic mass is 35.5. The van der Waals surface area contributed by atoms with Crippen molar-refractivity contribution in [1.29, 1.82) is 0 Å². The summed E-state index contributed by atoms with van der Waals surface area (Å²) in [5, 5.41) is 3.16. The number of aromatic nitrogens is 1. The molecular formula is C11H17ClN2O2S. The van der Waals surface area contributed by atoms with Gasteiger partial charge in [-0.25, -0.2) is 13.4 Å². The van der Waals surface area contributed by atoms with Crippen LogP contribution in [0.2, 0.25) is 0 Å². The summed E-state index contributed by atoms with van der Waals surface area (Å²) in [5.74, 6) is 0.414. The van der Waals surface area contributed by atoms with Gasteiger partial charge in [0.15, 0.2) is 9.84 Å². The van der Waals surface area contributed by atoms with Gasteiger partial charge in [-0.15, -0.1) is 11.6 Å². The fraction of sp³-hybridized carbons (Fsp3) is 0.545. The predicted octanol–water partition coefficient (Wildman–Crippen LogP) is 2.30. The Hall–Kier alpha value is -0.810. The Morgan fingerprint density at radius 1 is 1.53 bits per heavy atom. The largest absolute Gasteiger partial charge is 0.369 e. The number of hydrogen-bond acceptors (Lipinski definition) is 4. The Kier molecular flexibility index (Phi) is 5.21. The van der Waals surface area contributed by atoms with E-state index in [4.69, 9.17) is 11.6 Å². The fourth-order valence-electron chi connectivity index (χ4n) is 1.41. The lowest BCUT2D eigenvalue weighted by atomic mass is 10.2. The Balaban J connectivity index is 2.65. The molecule has 0 bridgehead atoms. The van der Waals surface area contributed by atoms with Crippen LogP contribution < -0.4 is 5.32 Å². The number of alkyl halides is 1. The van der Waals surface area contributed by atoms with Crippen molar-refractivity contribution in [3.8, 4) is 0 Å². The molecule has 1 aromatic rings. The zero-order valence-corrected chi connectivity index (χ0v) is 11.6. The number of nitrogens with zero attached hydrogens (tertiary/aromatic N) is 1. The van der Waals surface area contributed by atoms with Gasteiger partial charge in [0.05, 0.1) is 0 Å². The normalized spacial score (nSPS) is 13.4. The summed E-state index contributed by atoms with van der Waals surface area (Å²) in [7, 11) is -3.24. The van der Waals surface area contributed by atoms with Crippen LogP contribution in [-0.4, -0.2) is 31.6 Å². The zero-order valence-electron chi connectivity index (χ0n) is 9.98. The second-order valence-electron chi connectivity index (χ2n) is 3.97. The molecule has 17 heavy (non-hydrogen) atoms. The molecule has 1 heterocycles. The van der Waals surface area contributed by atoms with Gasteiger partial charge in [0.2, 0.25) is 0 Å². The molecule has 6 heteroatoms. The van der Waals surface area contributed by atoms with Gasteiger partial charge in [0.1, 0.15) is 10.7 Å². The van der Waals surface area contributed by atoms with Crippen LogP contribution in [0.4, 0.5) is 5.82 Å². The van der Waals surface area contributed by atoms with Crippen LogP contribution in [0.1, 0.15) is 19.8 Å². The molecule has 1 aromatic heterocycles. The minimum absolute atomic E-state index is 0.134. The minimum Gasteiger partial charge on any atom is -0.369 e. The monoisotopic (exact) mass is 276 g/mol. The van der Waals surface area contributed by atoms with Crippen molar-refractivity contribution in [1.82, 2.24) is 4.98 Å². The lowest BCUT2D eigenvalue weighted by Gasteiger charge is -2.09. The van der Waals surface area contributed by atoms with Gasteiger partial charge < -0.3 is 5.32 Å². The molecule has 1 rings (SSSR count). The fourth-order valence-corrected chi connectivity index (χ4v) is 2.37. The number of halogens is 1. The molecule has 0 amide bonds. The molecule has 0 radical (unpaired) electrons. The summed E-state index contributed by atoms with van der Waals surface area (Å²) in [6.45, 7) is 2.60. The number of sulfone groups is 1. The maximum Gasteiger partial charge on any atom is 0.179 e. The lowest BCUT2D eigenvalue weighted by molar-refractivity contribution is 0.601. The highest BCUT2D eigenvalue weighted by Gasteiger charge is 2.13. The van der Waals surface area contributed by atoms with Crippen molar-refractivity contribution in [2.45, 2.75) is 30.0 Å². The average molecular weight is 277 g/mol. The first kappa shape index (κ1) is 14.3. The van der Waals surface area contributed by atoms with Crippen molar-refractivity contribution >= 4 is 27.3 Å². The first-order valence-electron chi connectivity index (χ1n) is 5.44. The van der Waals surface area contributed by atoms with E-state index in [2.05, 4.69) is 10.3 Å². The molecule has 0 spiro atoms. The Bertz CT molecular complexity index is 460. The first-order chi connectivity index (χ1) is 7.91. The number of rotatable bonds is 6. The highest BCUT2D eigenvalue weighted by molar-refractivity contribution is 7.90. The van der Waals surface area contributed by atoms with E-state index in [0.717, 1.165) is 12.8 Å². The molecule has 1 unspecified atom stereocenters. The van der Waals surface area contributed by atoms with Crippen molar-refractivity contribution in [2.24, 2.45) is 0 Å². The number of nitrogens with one attached hydrogen (secondary N) is 1. The summed E-state index contributed by atoms with van der Waals surface area (Å²) in [4.78, 5) is 4.27. The smallest absolute Gasteiger partial charge is 0.179 e. The molecule has 4 nitrogen and oxygen atoms in total. The lowest BCUT2D eigenvalue weighted by Crippen LogP contribution is -2.09. The maximum atomic E-state index is 11.5. The molecular weight excluding hydrogens is 260 g/mol. The maximum absolute atomic E-state index is 11.5. The molecule has 0 aromatic carbocycles. The van der Waals surface area contributed by atoms with Crippen LogP contribution in [0.5, 0.6) is 0 Å². The Morgan fingerprint density at radius 3 is 2.82 bits per heavy atom. The molecule has 0 fully saturated rings. The van der Waals surface area contributed by atoms with Gasteiger partial charge in [0, 0.05) is 24.4 Å². The second-order valence-corrected chi connectivity index (χ2v) is 6.70. The van der Waals surface area contributed by atoms with Gasteiger partial charge in [-0.1, -0.05) is 0 Å². The molecule has 0 aliphatic rings. The van der Waals surface area contributed by atoms with E-state index >= 15 is 0 Å². The van der Waals surface area contributed by atoms with E-state index in [1.54, 1.807) is 18.3 Å². The predicted molar refractivity (Wildman–Crippen MR) is 70.4 cm³/mol. The summed E-state index contributed by atoms with van der Waals surface area (Å²) >= 11 is 5.82. The standard InChI is InChI=1S/C11H17ClN2O2S/c1-9(12)5-3-7-13-11-10(17(2,15)16)6-4-8-14-11/h4,6,8-9H,3,5,7H2,1-2H3,(H,13,14). The van der Waals surface area contributed by atoms with Gasteiger partial charge >= 0.3 is 0 Å². The highest BCUT2D eigenvalue weighted by Crippen LogP contribution is 2.17. The molecule has 96 valence electrons. The van der Waals surface area contributed by atoms with Crippen LogP contribution in [-0.2, 0) is 9.84 Å². The van der Waals surface area contributed by atoms with Crippen LogP contribution in [0.15, 0.2) is 23.2 Å². The molecule has 0 saturated heterocycles. The van der Waals surface area contributed by atoms with E-state index in [-0.39, 0.29) is 10.3 Å². The third kappa shape index (κ3) is 4.91.